The highest BCUT2D eigenvalue weighted by atomic mass is 16.5. The van der Waals surface area contributed by atoms with Gasteiger partial charge in [-0.25, -0.2) is 0 Å². The van der Waals surface area contributed by atoms with E-state index >= 15 is 0 Å². The SMILES string of the molecule is CCCCOc1ccc(/C=C/C(=O)NCCCO)c(O)c1. The van der Waals surface area contributed by atoms with Crippen molar-refractivity contribution in [3.05, 3.63) is 29.8 Å². The maximum Gasteiger partial charge on any atom is 0.244 e. The van der Waals surface area contributed by atoms with E-state index in [9.17, 15) is 9.90 Å². The van der Waals surface area contributed by atoms with E-state index in [1.165, 1.54) is 6.08 Å². The zero-order valence-corrected chi connectivity index (χ0v) is 12.3. The maximum absolute atomic E-state index is 11.5. The number of hydrogen-bond donors (Lipinski definition) is 3. The second-order valence-corrected chi connectivity index (χ2v) is 4.62. The summed E-state index contributed by atoms with van der Waals surface area (Å²) in [6.07, 6.45) is 5.44. The molecule has 1 aromatic rings. The topological polar surface area (TPSA) is 78.8 Å². The van der Waals surface area contributed by atoms with E-state index < -0.39 is 0 Å². The molecule has 0 radical (unpaired) electrons. The molecule has 21 heavy (non-hydrogen) atoms. The minimum absolute atomic E-state index is 0.0459. The van der Waals surface area contributed by atoms with E-state index in [1.54, 1.807) is 24.3 Å². The van der Waals surface area contributed by atoms with Gasteiger partial charge in [-0.2, -0.15) is 0 Å². The second kappa shape index (κ2) is 9.83. The number of carbonyl (C=O) groups excluding carboxylic acids is 1. The average molecular weight is 293 g/mol. The molecule has 0 unspecified atom stereocenters. The summed E-state index contributed by atoms with van der Waals surface area (Å²) < 4.78 is 5.49. The fourth-order valence-corrected chi connectivity index (χ4v) is 1.60. The monoisotopic (exact) mass is 293 g/mol. The zero-order valence-electron chi connectivity index (χ0n) is 12.3. The van der Waals surface area contributed by atoms with Crippen molar-refractivity contribution in [2.75, 3.05) is 19.8 Å². The van der Waals surface area contributed by atoms with Crippen molar-refractivity contribution < 1.29 is 19.7 Å². The number of rotatable bonds is 9. The Bertz CT molecular complexity index is 471. The van der Waals surface area contributed by atoms with Gasteiger partial charge in [0.1, 0.15) is 11.5 Å². The smallest absolute Gasteiger partial charge is 0.244 e. The third-order valence-corrected chi connectivity index (χ3v) is 2.82. The molecule has 0 bridgehead atoms. The molecule has 5 nitrogen and oxygen atoms in total. The fourth-order valence-electron chi connectivity index (χ4n) is 1.60. The van der Waals surface area contributed by atoms with E-state index in [0.717, 1.165) is 12.8 Å². The van der Waals surface area contributed by atoms with Gasteiger partial charge in [-0.05, 0) is 31.1 Å². The van der Waals surface area contributed by atoms with Crippen LogP contribution in [-0.4, -0.2) is 35.9 Å². The van der Waals surface area contributed by atoms with Gasteiger partial charge in [0.05, 0.1) is 6.61 Å². The number of nitrogens with one attached hydrogen (secondary N) is 1. The van der Waals surface area contributed by atoms with Crippen molar-refractivity contribution in [3.8, 4) is 11.5 Å². The van der Waals surface area contributed by atoms with Gasteiger partial charge >= 0.3 is 0 Å². The average Bonchev–Trinajstić information content (AvgIpc) is 2.47. The summed E-state index contributed by atoms with van der Waals surface area (Å²) in [5.41, 5.74) is 0.551. The summed E-state index contributed by atoms with van der Waals surface area (Å²) in [5, 5.41) is 21.1. The summed E-state index contributed by atoms with van der Waals surface area (Å²) in [6.45, 7) is 3.18. The minimum atomic E-state index is -0.258. The molecular formula is C16H23NO4. The van der Waals surface area contributed by atoms with Crippen molar-refractivity contribution in [1.82, 2.24) is 5.32 Å². The van der Waals surface area contributed by atoms with Crippen LogP contribution in [0.1, 0.15) is 31.7 Å². The number of amides is 1. The van der Waals surface area contributed by atoms with Crippen LogP contribution in [0.15, 0.2) is 24.3 Å². The van der Waals surface area contributed by atoms with Crippen molar-refractivity contribution >= 4 is 12.0 Å². The first kappa shape index (κ1) is 17.0. The molecule has 3 N–H and O–H groups in total. The van der Waals surface area contributed by atoms with Crippen LogP contribution in [-0.2, 0) is 4.79 Å². The Morgan fingerprint density at radius 3 is 2.86 bits per heavy atom. The third-order valence-electron chi connectivity index (χ3n) is 2.82. The lowest BCUT2D eigenvalue weighted by Crippen LogP contribution is -2.22. The van der Waals surface area contributed by atoms with Gasteiger partial charge < -0.3 is 20.3 Å². The Kier molecular flexibility index (Phi) is 7.97. The number of hydrogen-bond acceptors (Lipinski definition) is 4. The van der Waals surface area contributed by atoms with Crippen molar-refractivity contribution in [2.24, 2.45) is 0 Å². The molecule has 0 saturated heterocycles. The van der Waals surface area contributed by atoms with Crippen LogP contribution in [0.3, 0.4) is 0 Å². The maximum atomic E-state index is 11.5. The van der Waals surface area contributed by atoms with Gasteiger partial charge in [-0.3, -0.25) is 4.79 Å². The predicted octanol–water partition coefficient (Wildman–Crippen LogP) is 2.08. The number of aliphatic hydroxyl groups excluding tert-OH is 1. The number of aromatic hydroxyl groups is 1. The molecule has 0 aliphatic heterocycles. The molecular weight excluding hydrogens is 270 g/mol. The Balaban J connectivity index is 2.53. The van der Waals surface area contributed by atoms with Crippen molar-refractivity contribution in [2.45, 2.75) is 26.2 Å². The number of benzene rings is 1. The lowest BCUT2D eigenvalue weighted by atomic mass is 10.1. The Hall–Kier alpha value is -2.01. The summed E-state index contributed by atoms with van der Waals surface area (Å²) in [6, 6.07) is 5.01. The summed E-state index contributed by atoms with van der Waals surface area (Å²) in [4.78, 5) is 11.5. The quantitative estimate of drug-likeness (QED) is 0.481. The van der Waals surface area contributed by atoms with Gasteiger partial charge in [0.15, 0.2) is 0 Å². The molecule has 1 amide bonds. The Morgan fingerprint density at radius 1 is 1.38 bits per heavy atom. The predicted molar refractivity (Wildman–Crippen MR) is 82.3 cm³/mol. The van der Waals surface area contributed by atoms with Crippen LogP contribution in [0.2, 0.25) is 0 Å². The Labute approximate surface area is 125 Å². The first-order valence-corrected chi connectivity index (χ1v) is 7.20. The normalized spacial score (nSPS) is 10.8. The van der Waals surface area contributed by atoms with Gasteiger partial charge in [0.25, 0.3) is 0 Å². The zero-order chi connectivity index (χ0) is 15.5. The number of ether oxygens (including phenoxy) is 1. The number of aliphatic hydroxyl groups is 1. The van der Waals surface area contributed by atoms with Crippen molar-refractivity contribution in [3.63, 3.8) is 0 Å². The fraction of sp³-hybridized carbons (Fsp3) is 0.438. The molecule has 1 rings (SSSR count). The molecule has 116 valence electrons. The highest BCUT2D eigenvalue weighted by Gasteiger charge is 2.02. The van der Waals surface area contributed by atoms with Gasteiger partial charge in [-0.15, -0.1) is 0 Å². The second-order valence-electron chi connectivity index (χ2n) is 4.62. The lowest BCUT2D eigenvalue weighted by Gasteiger charge is -2.07. The van der Waals surface area contributed by atoms with Crippen molar-refractivity contribution in [1.29, 1.82) is 0 Å². The lowest BCUT2D eigenvalue weighted by molar-refractivity contribution is -0.116. The van der Waals surface area contributed by atoms with E-state index in [0.29, 0.717) is 30.9 Å². The van der Waals surface area contributed by atoms with Gasteiger partial charge in [-0.1, -0.05) is 13.3 Å². The number of phenolic OH excluding ortho intramolecular Hbond substituents is 1. The highest BCUT2D eigenvalue weighted by molar-refractivity contribution is 5.92. The van der Waals surface area contributed by atoms with Crippen LogP contribution in [0, 0.1) is 0 Å². The highest BCUT2D eigenvalue weighted by Crippen LogP contribution is 2.24. The third kappa shape index (κ3) is 6.81. The molecule has 0 saturated carbocycles. The van der Waals surface area contributed by atoms with Crippen LogP contribution in [0.25, 0.3) is 6.08 Å². The van der Waals surface area contributed by atoms with Gasteiger partial charge in [0.2, 0.25) is 5.91 Å². The Morgan fingerprint density at radius 2 is 2.19 bits per heavy atom. The van der Waals surface area contributed by atoms with Crippen LogP contribution in [0.4, 0.5) is 0 Å². The largest absolute Gasteiger partial charge is 0.507 e. The van der Waals surface area contributed by atoms with E-state index in [2.05, 4.69) is 12.2 Å². The van der Waals surface area contributed by atoms with Gasteiger partial charge in [0, 0.05) is 30.9 Å². The summed E-state index contributed by atoms with van der Waals surface area (Å²) >= 11 is 0. The first-order chi connectivity index (χ1) is 10.2. The molecule has 0 heterocycles. The molecule has 0 aliphatic rings. The van der Waals surface area contributed by atoms with E-state index in [1.807, 2.05) is 0 Å². The number of carbonyl (C=O) groups is 1. The molecule has 5 heteroatoms. The number of unbranched alkanes of at least 4 members (excludes halogenated alkanes) is 1. The van der Waals surface area contributed by atoms with E-state index in [-0.39, 0.29) is 18.3 Å². The standard InChI is InChI=1S/C16H23NO4/c1-2-3-11-21-14-7-5-13(15(19)12-14)6-8-16(20)17-9-4-10-18/h5-8,12,18-19H,2-4,9-11H2,1H3,(H,17,20)/b8-6+. The molecule has 0 spiro atoms. The molecule has 1 aromatic carbocycles. The molecule has 0 atom stereocenters. The molecule has 0 aliphatic carbocycles. The van der Waals surface area contributed by atoms with Crippen LogP contribution < -0.4 is 10.1 Å². The first-order valence-electron chi connectivity index (χ1n) is 7.20. The summed E-state index contributed by atoms with van der Waals surface area (Å²) in [7, 11) is 0. The summed E-state index contributed by atoms with van der Waals surface area (Å²) in [5.74, 6) is 0.431. The molecule has 0 fully saturated rings. The van der Waals surface area contributed by atoms with Crippen LogP contribution in [0.5, 0.6) is 11.5 Å². The van der Waals surface area contributed by atoms with E-state index in [4.69, 9.17) is 9.84 Å². The van der Waals surface area contributed by atoms with Crippen LogP contribution >= 0.6 is 0 Å². The number of phenols is 1. The minimum Gasteiger partial charge on any atom is -0.507 e. The molecule has 0 aromatic heterocycles.